The second-order valence-corrected chi connectivity index (χ2v) is 3.53. The van der Waals surface area contributed by atoms with E-state index < -0.39 is 0 Å². The first-order valence-electron chi connectivity index (χ1n) is 4.05. The second-order valence-electron chi connectivity index (χ2n) is 2.68. The van der Waals surface area contributed by atoms with Crippen LogP contribution in [-0.4, -0.2) is 12.0 Å². The summed E-state index contributed by atoms with van der Waals surface area (Å²) >= 11 is 1.48. The van der Waals surface area contributed by atoms with E-state index >= 15 is 0 Å². The Morgan fingerprint density at radius 2 is 1.92 bits per heavy atom. The Hall–Kier alpha value is -1.02. The Balaban J connectivity index is 2.92. The van der Waals surface area contributed by atoms with Gasteiger partial charge in [-0.1, -0.05) is 30.3 Å². The lowest BCUT2D eigenvalue weighted by atomic mass is 10.2. The van der Waals surface area contributed by atoms with Crippen molar-refractivity contribution in [3.8, 4) is 0 Å². The van der Waals surface area contributed by atoms with Crippen LogP contribution in [0.3, 0.4) is 0 Å². The summed E-state index contributed by atoms with van der Waals surface area (Å²) in [7, 11) is 0. The lowest BCUT2D eigenvalue weighted by Gasteiger charge is -1.98. The molecule has 0 saturated heterocycles. The van der Waals surface area contributed by atoms with Crippen molar-refractivity contribution in [1.82, 2.24) is 0 Å². The maximum Gasteiger partial charge on any atom is 0.166 e. The highest BCUT2D eigenvalue weighted by atomic mass is 32.2. The van der Waals surface area contributed by atoms with Crippen molar-refractivity contribution >= 4 is 23.6 Å². The predicted octanol–water partition coefficient (Wildman–Crippen LogP) is 2.98. The molecule has 0 unspecified atom stereocenters. The Kier molecular flexibility index (Phi) is 3.77. The molecule has 0 aliphatic heterocycles. The number of hydrogen-bond donors (Lipinski definition) is 0. The average molecular weight is 192 g/mol. The van der Waals surface area contributed by atoms with Crippen LogP contribution in [0.5, 0.6) is 0 Å². The van der Waals surface area contributed by atoms with Gasteiger partial charge in [-0.25, -0.2) is 0 Å². The molecule has 0 heterocycles. The highest BCUT2D eigenvalue weighted by Crippen LogP contribution is 2.16. The number of carbonyl (C=O) groups excluding carboxylic acids is 1. The highest BCUT2D eigenvalue weighted by Gasteiger charge is 2.00. The number of carbonyl (C=O) groups is 1. The van der Waals surface area contributed by atoms with E-state index in [1.54, 1.807) is 6.92 Å². The third-order valence-electron chi connectivity index (χ3n) is 1.66. The number of rotatable bonds is 3. The van der Waals surface area contributed by atoms with Gasteiger partial charge in [0.2, 0.25) is 0 Å². The quantitative estimate of drug-likeness (QED) is 0.685. The summed E-state index contributed by atoms with van der Waals surface area (Å²) < 4.78 is 0. The third-order valence-corrected chi connectivity index (χ3v) is 2.51. The molecule has 13 heavy (non-hydrogen) atoms. The molecule has 1 aromatic carbocycles. The first kappa shape index (κ1) is 10.1. The summed E-state index contributed by atoms with van der Waals surface area (Å²) in [6, 6.07) is 9.86. The van der Waals surface area contributed by atoms with E-state index in [-0.39, 0.29) is 5.78 Å². The van der Waals surface area contributed by atoms with Gasteiger partial charge in [-0.15, -0.1) is 11.8 Å². The first-order chi connectivity index (χ1) is 6.24. The summed E-state index contributed by atoms with van der Waals surface area (Å²) in [5.74, 6) is 0.122. The van der Waals surface area contributed by atoms with E-state index in [0.717, 1.165) is 10.5 Å². The van der Waals surface area contributed by atoms with Crippen LogP contribution in [0.15, 0.2) is 35.2 Å². The standard InChI is InChI=1S/C11H12OS/c1-9(12)11(13-2)8-10-6-4-3-5-7-10/h3-8H,1-2H3/b11-8+. The van der Waals surface area contributed by atoms with Gasteiger partial charge in [-0.3, -0.25) is 4.79 Å². The zero-order chi connectivity index (χ0) is 9.68. The third kappa shape index (κ3) is 3.07. The summed E-state index contributed by atoms with van der Waals surface area (Å²) in [5.41, 5.74) is 1.07. The van der Waals surface area contributed by atoms with Crippen LogP contribution in [0.2, 0.25) is 0 Å². The SMILES string of the molecule is CS/C(=C/c1ccccc1)C(C)=O. The molecule has 2 heteroatoms. The predicted molar refractivity (Wildman–Crippen MR) is 58.6 cm³/mol. The van der Waals surface area contributed by atoms with Gasteiger partial charge in [0, 0.05) is 0 Å². The zero-order valence-electron chi connectivity index (χ0n) is 7.78. The molecular formula is C11H12OS. The van der Waals surface area contributed by atoms with Gasteiger partial charge in [-0.05, 0) is 24.8 Å². The largest absolute Gasteiger partial charge is 0.294 e. The van der Waals surface area contributed by atoms with Gasteiger partial charge in [0.1, 0.15) is 0 Å². The van der Waals surface area contributed by atoms with Gasteiger partial charge >= 0.3 is 0 Å². The minimum Gasteiger partial charge on any atom is -0.294 e. The Morgan fingerprint density at radius 1 is 1.31 bits per heavy atom. The van der Waals surface area contributed by atoms with Crippen molar-refractivity contribution in [3.63, 3.8) is 0 Å². The van der Waals surface area contributed by atoms with Crippen LogP contribution < -0.4 is 0 Å². The van der Waals surface area contributed by atoms with Crippen molar-refractivity contribution in [2.24, 2.45) is 0 Å². The van der Waals surface area contributed by atoms with E-state index in [0.29, 0.717) is 0 Å². The van der Waals surface area contributed by atoms with E-state index in [1.165, 1.54) is 11.8 Å². The molecule has 0 amide bonds. The minimum absolute atomic E-state index is 0.122. The van der Waals surface area contributed by atoms with Gasteiger partial charge in [-0.2, -0.15) is 0 Å². The summed E-state index contributed by atoms with van der Waals surface area (Å²) in [5, 5.41) is 0. The highest BCUT2D eigenvalue weighted by molar-refractivity contribution is 8.03. The smallest absolute Gasteiger partial charge is 0.166 e. The van der Waals surface area contributed by atoms with Crippen LogP contribution >= 0.6 is 11.8 Å². The molecule has 0 aromatic heterocycles. The topological polar surface area (TPSA) is 17.1 Å². The number of thioether (sulfide) groups is 1. The van der Waals surface area contributed by atoms with Crippen molar-refractivity contribution in [1.29, 1.82) is 0 Å². The Labute approximate surface area is 82.9 Å². The molecule has 0 aliphatic carbocycles. The molecule has 0 fully saturated rings. The van der Waals surface area contributed by atoms with Crippen molar-refractivity contribution < 1.29 is 4.79 Å². The molecule has 1 nitrogen and oxygen atoms in total. The first-order valence-corrected chi connectivity index (χ1v) is 5.28. The lowest BCUT2D eigenvalue weighted by Crippen LogP contribution is -1.90. The molecule has 1 rings (SSSR count). The zero-order valence-corrected chi connectivity index (χ0v) is 8.60. The normalized spacial score (nSPS) is 11.4. The second kappa shape index (κ2) is 4.87. The molecule has 0 radical (unpaired) electrons. The monoisotopic (exact) mass is 192 g/mol. The molecule has 1 aromatic rings. The lowest BCUT2D eigenvalue weighted by molar-refractivity contribution is -0.112. The maximum atomic E-state index is 11.1. The Morgan fingerprint density at radius 3 is 2.38 bits per heavy atom. The number of Topliss-reactive ketones (excluding diaryl/α,β-unsaturated/α-hetero) is 1. The van der Waals surface area contributed by atoms with E-state index in [1.807, 2.05) is 42.7 Å². The number of hydrogen-bond acceptors (Lipinski definition) is 2. The summed E-state index contributed by atoms with van der Waals surface area (Å²) in [6.07, 6.45) is 3.82. The number of benzene rings is 1. The van der Waals surface area contributed by atoms with E-state index in [2.05, 4.69) is 0 Å². The fourth-order valence-corrected chi connectivity index (χ4v) is 1.55. The van der Waals surface area contributed by atoms with Gasteiger partial charge in [0.15, 0.2) is 5.78 Å². The van der Waals surface area contributed by atoms with Crippen molar-refractivity contribution in [3.05, 3.63) is 40.8 Å². The van der Waals surface area contributed by atoms with Gasteiger partial charge in [0.05, 0.1) is 4.91 Å². The van der Waals surface area contributed by atoms with Crippen LogP contribution in [0.4, 0.5) is 0 Å². The molecular weight excluding hydrogens is 180 g/mol. The van der Waals surface area contributed by atoms with E-state index in [4.69, 9.17) is 0 Å². The maximum absolute atomic E-state index is 11.1. The molecule has 0 N–H and O–H groups in total. The van der Waals surface area contributed by atoms with Crippen molar-refractivity contribution in [2.75, 3.05) is 6.26 Å². The van der Waals surface area contributed by atoms with Crippen LogP contribution in [0.1, 0.15) is 12.5 Å². The van der Waals surface area contributed by atoms with Gasteiger partial charge in [0.25, 0.3) is 0 Å². The number of ketones is 1. The fourth-order valence-electron chi connectivity index (χ4n) is 1.00. The average Bonchev–Trinajstić information content (AvgIpc) is 2.15. The number of allylic oxidation sites excluding steroid dienone is 1. The molecule has 0 saturated carbocycles. The molecule has 68 valence electrons. The molecule has 0 atom stereocenters. The van der Waals surface area contributed by atoms with Crippen LogP contribution in [0, 0.1) is 0 Å². The fraction of sp³-hybridized carbons (Fsp3) is 0.182. The summed E-state index contributed by atoms with van der Waals surface area (Å²) in [4.78, 5) is 11.9. The van der Waals surface area contributed by atoms with E-state index in [9.17, 15) is 4.79 Å². The van der Waals surface area contributed by atoms with Crippen LogP contribution in [-0.2, 0) is 4.79 Å². The minimum atomic E-state index is 0.122. The molecule has 0 aliphatic rings. The molecule has 0 bridgehead atoms. The summed E-state index contributed by atoms with van der Waals surface area (Å²) in [6.45, 7) is 1.59. The molecule has 0 spiro atoms. The van der Waals surface area contributed by atoms with Gasteiger partial charge < -0.3 is 0 Å². The van der Waals surface area contributed by atoms with Crippen LogP contribution in [0.25, 0.3) is 6.08 Å². The van der Waals surface area contributed by atoms with Crippen molar-refractivity contribution in [2.45, 2.75) is 6.92 Å². The Bertz CT molecular complexity index is 314.